The lowest BCUT2D eigenvalue weighted by molar-refractivity contribution is -0.150. The van der Waals surface area contributed by atoms with Crippen LogP contribution in [0.4, 0.5) is 0 Å². The van der Waals surface area contributed by atoms with Crippen LogP contribution in [0.25, 0.3) is 10.9 Å². The van der Waals surface area contributed by atoms with E-state index >= 15 is 0 Å². The molecular formula is C21H18Br2ClN3O4. The van der Waals surface area contributed by atoms with Crippen LogP contribution in [0.15, 0.2) is 49.2 Å². The van der Waals surface area contributed by atoms with Crippen LogP contribution >= 0.6 is 43.5 Å². The van der Waals surface area contributed by atoms with Crippen molar-refractivity contribution in [2.75, 3.05) is 6.61 Å². The maximum Gasteiger partial charge on any atom is 0.347 e. The third kappa shape index (κ3) is 5.34. The van der Waals surface area contributed by atoms with Gasteiger partial charge in [-0.25, -0.2) is 9.78 Å². The minimum atomic E-state index is -0.853. The van der Waals surface area contributed by atoms with Crippen molar-refractivity contribution in [1.29, 1.82) is 0 Å². The summed E-state index contributed by atoms with van der Waals surface area (Å²) < 4.78 is 13.3. The van der Waals surface area contributed by atoms with E-state index < -0.39 is 12.1 Å². The fourth-order valence-electron chi connectivity index (χ4n) is 2.80. The fraction of sp³-hybridized carbons (Fsp3) is 0.238. The molecule has 0 saturated carbocycles. The van der Waals surface area contributed by atoms with Gasteiger partial charge in [0.25, 0.3) is 5.56 Å². The zero-order valence-electron chi connectivity index (χ0n) is 16.9. The van der Waals surface area contributed by atoms with Gasteiger partial charge < -0.3 is 9.47 Å². The molecule has 1 atom stereocenters. The molecule has 0 N–H and O–H groups in total. The van der Waals surface area contributed by atoms with E-state index in [2.05, 4.69) is 41.9 Å². The van der Waals surface area contributed by atoms with E-state index in [9.17, 15) is 9.59 Å². The standard InChI is InChI=1S/C21H18Br2ClN3O4/c1-4-30-21(29)11(2)31-19-13(7-15(24)9-17(19)23)10-25-27-12(3)26-18-6-5-14(22)8-16(18)20(27)28/h5-11H,4H2,1-3H3/t11-/m0/s1. The van der Waals surface area contributed by atoms with Gasteiger partial charge in [-0.2, -0.15) is 9.78 Å². The fourth-order valence-corrected chi connectivity index (χ4v) is 4.09. The highest BCUT2D eigenvalue weighted by Crippen LogP contribution is 2.33. The topological polar surface area (TPSA) is 82.8 Å². The Labute approximate surface area is 200 Å². The molecule has 0 aliphatic heterocycles. The molecule has 0 saturated heterocycles. The quantitative estimate of drug-likeness (QED) is 0.304. The summed E-state index contributed by atoms with van der Waals surface area (Å²) in [5.74, 6) is 0.263. The Bertz CT molecular complexity index is 1240. The molecule has 162 valence electrons. The zero-order valence-corrected chi connectivity index (χ0v) is 20.8. The Morgan fingerprint density at radius 1 is 1.32 bits per heavy atom. The average Bonchev–Trinajstić information content (AvgIpc) is 2.70. The van der Waals surface area contributed by atoms with E-state index in [-0.39, 0.29) is 12.2 Å². The smallest absolute Gasteiger partial charge is 0.347 e. The molecule has 0 fully saturated rings. The number of esters is 1. The number of aromatic nitrogens is 2. The minimum absolute atomic E-state index is 0.246. The highest BCUT2D eigenvalue weighted by atomic mass is 79.9. The molecule has 10 heteroatoms. The molecule has 0 unspecified atom stereocenters. The summed E-state index contributed by atoms with van der Waals surface area (Å²) in [4.78, 5) is 29.4. The van der Waals surface area contributed by atoms with Crippen LogP contribution in [0.5, 0.6) is 5.75 Å². The van der Waals surface area contributed by atoms with Gasteiger partial charge in [0, 0.05) is 15.1 Å². The normalized spacial score (nSPS) is 12.3. The van der Waals surface area contributed by atoms with Crippen molar-refractivity contribution in [1.82, 2.24) is 9.66 Å². The molecule has 2 aromatic carbocycles. The molecule has 31 heavy (non-hydrogen) atoms. The number of fused-ring (bicyclic) bond motifs is 1. The monoisotopic (exact) mass is 569 g/mol. The number of ether oxygens (including phenoxy) is 2. The van der Waals surface area contributed by atoms with E-state index in [1.54, 1.807) is 45.0 Å². The van der Waals surface area contributed by atoms with Crippen LogP contribution in [0, 0.1) is 6.92 Å². The predicted molar refractivity (Wildman–Crippen MR) is 127 cm³/mol. The molecular weight excluding hydrogens is 554 g/mol. The van der Waals surface area contributed by atoms with Crippen LogP contribution in [0.2, 0.25) is 5.02 Å². The van der Waals surface area contributed by atoms with Gasteiger partial charge in [-0.1, -0.05) is 27.5 Å². The molecule has 0 aliphatic carbocycles. The van der Waals surface area contributed by atoms with Crippen LogP contribution in [0.1, 0.15) is 25.2 Å². The van der Waals surface area contributed by atoms with Gasteiger partial charge in [0.2, 0.25) is 0 Å². The first-order valence-electron chi connectivity index (χ1n) is 9.26. The lowest BCUT2D eigenvalue weighted by atomic mass is 10.2. The second-order valence-corrected chi connectivity index (χ2v) is 8.71. The van der Waals surface area contributed by atoms with E-state index in [0.717, 1.165) is 4.47 Å². The third-order valence-corrected chi connectivity index (χ3v) is 5.53. The largest absolute Gasteiger partial charge is 0.477 e. The Kier molecular flexibility index (Phi) is 7.51. The summed E-state index contributed by atoms with van der Waals surface area (Å²) in [7, 11) is 0. The van der Waals surface area contributed by atoms with Crippen molar-refractivity contribution < 1.29 is 14.3 Å². The van der Waals surface area contributed by atoms with Gasteiger partial charge in [0.05, 0.1) is 28.2 Å². The molecule has 0 bridgehead atoms. The Morgan fingerprint density at radius 3 is 2.77 bits per heavy atom. The van der Waals surface area contributed by atoms with E-state index in [1.807, 2.05) is 6.07 Å². The number of benzene rings is 2. The van der Waals surface area contributed by atoms with Crippen molar-refractivity contribution in [3.63, 3.8) is 0 Å². The number of hydrogen-bond acceptors (Lipinski definition) is 6. The number of nitrogens with zero attached hydrogens (tertiary/aromatic N) is 3. The number of hydrogen-bond donors (Lipinski definition) is 0. The third-order valence-electron chi connectivity index (χ3n) is 4.23. The van der Waals surface area contributed by atoms with Crippen molar-refractivity contribution in [3.05, 3.63) is 66.0 Å². The van der Waals surface area contributed by atoms with Crippen molar-refractivity contribution >= 4 is 66.5 Å². The van der Waals surface area contributed by atoms with Gasteiger partial charge in [-0.3, -0.25) is 4.79 Å². The average molecular weight is 572 g/mol. The summed E-state index contributed by atoms with van der Waals surface area (Å²) in [6.45, 7) is 5.24. The first-order valence-corrected chi connectivity index (χ1v) is 11.2. The Balaban J connectivity index is 2.05. The molecule has 7 nitrogen and oxygen atoms in total. The minimum Gasteiger partial charge on any atom is -0.477 e. The predicted octanol–water partition coefficient (Wildman–Crippen LogP) is 5.10. The lowest BCUT2D eigenvalue weighted by Gasteiger charge is -2.16. The van der Waals surface area contributed by atoms with Crippen LogP contribution in [0.3, 0.4) is 0 Å². The molecule has 0 amide bonds. The second-order valence-electron chi connectivity index (χ2n) is 6.50. The van der Waals surface area contributed by atoms with Crippen molar-refractivity contribution in [3.8, 4) is 5.75 Å². The van der Waals surface area contributed by atoms with E-state index in [1.165, 1.54) is 10.9 Å². The van der Waals surface area contributed by atoms with E-state index in [0.29, 0.717) is 37.5 Å². The van der Waals surface area contributed by atoms with E-state index in [4.69, 9.17) is 21.1 Å². The highest BCUT2D eigenvalue weighted by molar-refractivity contribution is 9.10. The van der Waals surface area contributed by atoms with Gasteiger partial charge in [-0.15, -0.1) is 0 Å². The summed E-state index contributed by atoms with van der Waals surface area (Å²) in [5.41, 5.74) is 0.731. The number of aryl methyl sites for hydroxylation is 1. The summed E-state index contributed by atoms with van der Waals surface area (Å²) >= 11 is 13.0. The Morgan fingerprint density at radius 2 is 2.06 bits per heavy atom. The zero-order chi connectivity index (χ0) is 22.7. The van der Waals surface area contributed by atoms with Crippen LogP contribution < -0.4 is 10.3 Å². The van der Waals surface area contributed by atoms with Gasteiger partial charge in [-0.05, 0) is 67.0 Å². The summed E-state index contributed by atoms with van der Waals surface area (Å²) in [6.07, 6.45) is 0.581. The highest BCUT2D eigenvalue weighted by Gasteiger charge is 2.19. The molecule has 3 aromatic rings. The molecule has 1 aromatic heterocycles. The van der Waals surface area contributed by atoms with Crippen LogP contribution in [-0.4, -0.2) is 34.6 Å². The number of carbonyl (C=O) groups excluding carboxylic acids is 1. The molecule has 1 heterocycles. The molecule has 0 spiro atoms. The summed E-state index contributed by atoms with van der Waals surface area (Å²) in [6, 6.07) is 8.53. The Hall–Kier alpha value is -2.23. The van der Waals surface area contributed by atoms with Crippen LogP contribution in [-0.2, 0) is 9.53 Å². The first kappa shape index (κ1) is 23.4. The van der Waals surface area contributed by atoms with Gasteiger partial charge >= 0.3 is 5.97 Å². The maximum atomic E-state index is 12.9. The molecule has 0 radical (unpaired) electrons. The summed E-state index contributed by atoms with van der Waals surface area (Å²) in [5, 5.41) is 5.17. The number of rotatable bonds is 6. The number of halogens is 3. The first-order chi connectivity index (χ1) is 14.7. The second kappa shape index (κ2) is 9.93. The van der Waals surface area contributed by atoms with Gasteiger partial charge in [0.15, 0.2) is 6.10 Å². The molecule has 3 rings (SSSR count). The lowest BCUT2D eigenvalue weighted by Crippen LogP contribution is -2.26. The molecule has 0 aliphatic rings. The van der Waals surface area contributed by atoms with Crippen molar-refractivity contribution in [2.45, 2.75) is 26.9 Å². The maximum absolute atomic E-state index is 12.9. The van der Waals surface area contributed by atoms with Crippen molar-refractivity contribution in [2.24, 2.45) is 5.10 Å². The van der Waals surface area contributed by atoms with Gasteiger partial charge in [0.1, 0.15) is 11.6 Å². The SMILES string of the molecule is CCOC(=O)[C@H](C)Oc1c(Br)cc(Cl)cc1C=Nn1c(C)nc2ccc(Br)cc2c1=O. The number of carbonyl (C=O) groups is 1.